The maximum Gasteiger partial charge on any atom is 0.308 e. The van der Waals surface area contributed by atoms with Crippen LogP contribution in [0.4, 0.5) is 11.5 Å². The molecule has 2 aromatic carbocycles. The molecule has 0 atom stereocenters. The number of esters is 2. The Morgan fingerprint density at radius 1 is 1.00 bits per heavy atom. The molecular formula is C18H14ClN3O4. The Kier molecular flexibility index (Phi) is 4.99. The van der Waals surface area contributed by atoms with Gasteiger partial charge in [0.25, 0.3) is 0 Å². The van der Waals surface area contributed by atoms with Crippen molar-refractivity contribution in [2.24, 2.45) is 0 Å². The molecule has 0 aliphatic carbocycles. The minimum atomic E-state index is -0.546. The summed E-state index contributed by atoms with van der Waals surface area (Å²) < 4.78 is 10.3. The van der Waals surface area contributed by atoms with E-state index in [1.807, 2.05) is 12.1 Å². The van der Waals surface area contributed by atoms with Crippen molar-refractivity contribution in [1.82, 2.24) is 9.97 Å². The maximum atomic E-state index is 11.4. The number of rotatable bonds is 4. The van der Waals surface area contributed by atoms with Crippen LogP contribution in [0.2, 0.25) is 5.02 Å². The topological polar surface area (TPSA) is 90.4 Å². The van der Waals surface area contributed by atoms with Crippen molar-refractivity contribution in [3.63, 3.8) is 0 Å². The summed E-state index contributed by atoms with van der Waals surface area (Å²) in [7, 11) is 0. The minimum Gasteiger partial charge on any atom is -0.423 e. The number of nitrogens with one attached hydrogen (secondary N) is 1. The highest BCUT2D eigenvalue weighted by atomic mass is 35.5. The molecule has 1 aromatic heterocycles. The number of fused-ring (bicyclic) bond motifs is 1. The summed E-state index contributed by atoms with van der Waals surface area (Å²) >= 11 is 6.18. The molecule has 3 rings (SSSR count). The van der Waals surface area contributed by atoms with Crippen LogP contribution in [0.1, 0.15) is 13.8 Å². The number of anilines is 2. The number of halogens is 1. The quantitative estimate of drug-likeness (QED) is 0.549. The average Bonchev–Trinajstić information content (AvgIpc) is 2.57. The third kappa shape index (κ3) is 3.89. The normalized spacial score (nSPS) is 10.4. The summed E-state index contributed by atoms with van der Waals surface area (Å²) in [6.45, 7) is 2.51. The first kappa shape index (κ1) is 17.6. The predicted octanol–water partition coefficient (Wildman–Crippen LogP) is 3.88. The van der Waals surface area contributed by atoms with E-state index in [0.29, 0.717) is 27.4 Å². The van der Waals surface area contributed by atoms with Crippen molar-refractivity contribution >= 4 is 45.9 Å². The third-order valence-electron chi connectivity index (χ3n) is 3.34. The molecule has 0 radical (unpaired) electrons. The lowest BCUT2D eigenvalue weighted by Crippen LogP contribution is -2.07. The SMILES string of the molecule is CC(=O)Oc1cc2ncnc(Nc3ccccc3Cl)c2cc1OC(C)=O. The molecule has 8 heteroatoms. The molecule has 0 saturated carbocycles. The van der Waals surface area contributed by atoms with Crippen LogP contribution >= 0.6 is 11.6 Å². The van der Waals surface area contributed by atoms with Crippen LogP contribution in [0.5, 0.6) is 11.5 Å². The van der Waals surface area contributed by atoms with Crippen LogP contribution in [0.3, 0.4) is 0 Å². The second kappa shape index (κ2) is 7.37. The summed E-state index contributed by atoms with van der Waals surface area (Å²) in [6, 6.07) is 10.2. The molecule has 0 aliphatic heterocycles. The zero-order valence-corrected chi connectivity index (χ0v) is 14.7. The van der Waals surface area contributed by atoms with Crippen molar-refractivity contribution in [2.75, 3.05) is 5.32 Å². The number of carbonyl (C=O) groups is 2. The van der Waals surface area contributed by atoms with Crippen molar-refractivity contribution in [3.8, 4) is 11.5 Å². The second-order valence-electron chi connectivity index (χ2n) is 5.33. The van der Waals surface area contributed by atoms with E-state index in [9.17, 15) is 9.59 Å². The van der Waals surface area contributed by atoms with Gasteiger partial charge in [0, 0.05) is 25.3 Å². The first-order chi connectivity index (χ1) is 12.4. The number of hydrogen-bond acceptors (Lipinski definition) is 7. The van der Waals surface area contributed by atoms with Crippen LogP contribution in [0, 0.1) is 0 Å². The molecule has 7 nitrogen and oxygen atoms in total. The molecule has 0 spiro atoms. The van der Waals surface area contributed by atoms with Gasteiger partial charge in [-0.1, -0.05) is 23.7 Å². The maximum absolute atomic E-state index is 11.4. The molecule has 0 aliphatic rings. The Bertz CT molecular complexity index is 1010. The highest BCUT2D eigenvalue weighted by molar-refractivity contribution is 6.33. The van der Waals surface area contributed by atoms with Crippen LogP contribution in [-0.2, 0) is 9.59 Å². The van der Waals surface area contributed by atoms with Gasteiger partial charge < -0.3 is 14.8 Å². The molecule has 132 valence electrons. The Hall–Kier alpha value is -3.19. The summed E-state index contributed by atoms with van der Waals surface area (Å²) in [4.78, 5) is 31.1. The molecule has 0 unspecified atom stereocenters. The molecule has 0 bridgehead atoms. The molecule has 0 saturated heterocycles. The standard InChI is InChI=1S/C18H14ClN3O4/c1-10(23)25-16-7-12-15(8-17(16)26-11(2)24)20-9-21-18(12)22-14-6-4-3-5-13(14)19/h3-9H,1-2H3,(H,20,21,22). The summed E-state index contributed by atoms with van der Waals surface area (Å²) in [5.74, 6) is -0.429. The fourth-order valence-electron chi connectivity index (χ4n) is 2.32. The number of aromatic nitrogens is 2. The Morgan fingerprint density at radius 2 is 1.65 bits per heavy atom. The van der Waals surface area contributed by atoms with E-state index in [4.69, 9.17) is 21.1 Å². The zero-order valence-electron chi connectivity index (χ0n) is 13.9. The number of carbonyl (C=O) groups excluding carboxylic acids is 2. The number of nitrogens with zero attached hydrogens (tertiary/aromatic N) is 2. The number of ether oxygens (including phenoxy) is 2. The van der Waals surface area contributed by atoms with E-state index in [-0.39, 0.29) is 11.5 Å². The van der Waals surface area contributed by atoms with E-state index in [2.05, 4.69) is 15.3 Å². The smallest absolute Gasteiger partial charge is 0.308 e. The highest BCUT2D eigenvalue weighted by Gasteiger charge is 2.15. The molecule has 0 amide bonds. The van der Waals surface area contributed by atoms with Gasteiger partial charge in [0.05, 0.1) is 16.2 Å². The van der Waals surface area contributed by atoms with E-state index in [1.165, 1.54) is 32.3 Å². The van der Waals surface area contributed by atoms with Gasteiger partial charge in [0.15, 0.2) is 11.5 Å². The van der Waals surface area contributed by atoms with Crippen molar-refractivity contribution in [1.29, 1.82) is 0 Å². The lowest BCUT2D eigenvalue weighted by atomic mass is 10.2. The van der Waals surface area contributed by atoms with Gasteiger partial charge in [-0.05, 0) is 18.2 Å². The number of benzene rings is 2. The van der Waals surface area contributed by atoms with Crippen LogP contribution in [0.15, 0.2) is 42.7 Å². The van der Waals surface area contributed by atoms with E-state index in [0.717, 1.165) is 0 Å². The Morgan fingerprint density at radius 3 is 2.31 bits per heavy atom. The molecule has 3 aromatic rings. The lowest BCUT2D eigenvalue weighted by molar-refractivity contribution is -0.134. The van der Waals surface area contributed by atoms with Crippen molar-refractivity contribution < 1.29 is 19.1 Å². The van der Waals surface area contributed by atoms with E-state index in [1.54, 1.807) is 12.1 Å². The molecule has 0 fully saturated rings. The summed E-state index contributed by atoms with van der Waals surface area (Å²) in [5, 5.41) is 4.22. The van der Waals surface area contributed by atoms with Gasteiger partial charge in [-0.2, -0.15) is 0 Å². The van der Waals surface area contributed by atoms with Crippen molar-refractivity contribution in [3.05, 3.63) is 47.7 Å². The van der Waals surface area contributed by atoms with Gasteiger partial charge >= 0.3 is 11.9 Å². The average molecular weight is 372 g/mol. The monoisotopic (exact) mass is 371 g/mol. The molecule has 1 N–H and O–H groups in total. The van der Waals surface area contributed by atoms with Gasteiger partial charge in [-0.15, -0.1) is 0 Å². The lowest BCUT2D eigenvalue weighted by Gasteiger charge is -2.13. The van der Waals surface area contributed by atoms with E-state index >= 15 is 0 Å². The van der Waals surface area contributed by atoms with Gasteiger partial charge in [-0.25, -0.2) is 9.97 Å². The molecular weight excluding hydrogens is 358 g/mol. The minimum absolute atomic E-state index is 0.0946. The van der Waals surface area contributed by atoms with Crippen LogP contribution in [-0.4, -0.2) is 21.9 Å². The number of para-hydroxylation sites is 1. The second-order valence-corrected chi connectivity index (χ2v) is 5.74. The van der Waals surface area contributed by atoms with Gasteiger partial charge in [0.1, 0.15) is 12.1 Å². The number of hydrogen-bond donors (Lipinski definition) is 1. The van der Waals surface area contributed by atoms with Crippen LogP contribution < -0.4 is 14.8 Å². The Labute approximate surface area is 153 Å². The van der Waals surface area contributed by atoms with Gasteiger partial charge in [0.2, 0.25) is 0 Å². The summed E-state index contributed by atoms with van der Waals surface area (Å²) in [6.07, 6.45) is 1.37. The largest absolute Gasteiger partial charge is 0.423 e. The van der Waals surface area contributed by atoms with Crippen LogP contribution in [0.25, 0.3) is 10.9 Å². The van der Waals surface area contributed by atoms with Crippen molar-refractivity contribution in [2.45, 2.75) is 13.8 Å². The molecule has 1 heterocycles. The van der Waals surface area contributed by atoms with Gasteiger partial charge in [-0.3, -0.25) is 9.59 Å². The molecule has 26 heavy (non-hydrogen) atoms. The first-order valence-electron chi connectivity index (χ1n) is 7.61. The fraction of sp³-hybridized carbons (Fsp3) is 0.111. The zero-order chi connectivity index (χ0) is 18.7. The third-order valence-corrected chi connectivity index (χ3v) is 3.66. The fourth-order valence-corrected chi connectivity index (χ4v) is 2.51. The Balaban J connectivity index is 2.12. The summed E-state index contributed by atoms with van der Waals surface area (Å²) in [5.41, 5.74) is 1.16. The highest BCUT2D eigenvalue weighted by Crippen LogP contribution is 2.35. The predicted molar refractivity (Wildman–Crippen MR) is 96.9 cm³/mol. The van der Waals surface area contributed by atoms with E-state index < -0.39 is 11.9 Å². The first-order valence-corrected chi connectivity index (χ1v) is 7.99.